The topological polar surface area (TPSA) is 194 Å². The number of hydrogen-bond donors (Lipinski definition) is 3. The number of carbonyl (C=O) groups is 4. The van der Waals surface area contributed by atoms with Crippen molar-refractivity contribution in [2.75, 3.05) is 40.6 Å². The molecule has 2 aliphatic carbocycles. The van der Waals surface area contributed by atoms with E-state index in [2.05, 4.69) is 21.4 Å². The number of rotatable bonds is 12. The summed E-state index contributed by atoms with van der Waals surface area (Å²) in [4.78, 5) is 74.1. The highest BCUT2D eigenvalue weighted by molar-refractivity contribution is 5.89. The first kappa shape index (κ1) is 41.7. The van der Waals surface area contributed by atoms with Gasteiger partial charge in [0.05, 0.1) is 62.4 Å². The van der Waals surface area contributed by atoms with Gasteiger partial charge in [0.1, 0.15) is 29.0 Å². The molecule has 0 radical (unpaired) electrons. The van der Waals surface area contributed by atoms with Crippen molar-refractivity contribution >= 4 is 34.8 Å². The maximum absolute atomic E-state index is 14.3. The van der Waals surface area contributed by atoms with E-state index in [4.69, 9.17) is 33.3 Å². The summed E-state index contributed by atoms with van der Waals surface area (Å²) < 4.78 is 27.4. The molecule has 4 aliphatic heterocycles. The molecule has 16 nitrogen and oxygen atoms in total. The summed E-state index contributed by atoms with van der Waals surface area (Å²) in [5.41, 5.74) is 5.31. The van der Waals surface area contributed by atoms with Gasteiger partial charge in [0, 0.05) is 55.0 Å². The van der Waals surface area contributed by atoms with Gasteiger partial charge in [0.25, 0.3) is 0 Å². The number of imidazole rings is 2. The molecule has 340 valence electrons. The number of furan rings is 1. The van der Waals surface area contributed by atoms with Crippen molar-refractivity contribution in [3.8, 4) is 33.8 Å². The summed E-state index contributed by atoms with van der Waals surface area (Å²) in [5, 5.41) is 3.80. The predicted molar refractivity (Wildman–Crippen MR) is 236 cm³/mol. The van der Waals surface area contributed by atoms with E-state index in [1.165, 1.54) is 14.2 Å². The summed E-state index contributed by atoms with van der Waals surface area (Å²) in [6, 6.07) is 15.5. The second-order valence-corrected chi connectivity index (χ2v) is 18.8. The van der Waals surface area contributed by atoms with Crippen molar-refractivity contribution < 1.29 is 42.5 Å². The second kappa shape index (κ2) is 17.1. The Morgan fingerprint density at radius 3 is 1.89 bits per heavy atom. The van der Waals surface area contributed by atoms with Crippen LogP contribution in [0.25, 0.3) is 44.8 Å². The Morgan fingerprint density at radius 2 is 1.28 bits per heavy atom. The maximum Gasteiger partial charge on any atom is 0.407 e. The van der Waals surface area contributed by atoms with Gasteiger partial charge in [-0.2, -0.15) is 0 Å². The number of aromatic nitrogens is 4. The molecule has 6 aliphatic rings. The van der Waals surface area contributed by atoms with Gasteiger partial charge in [-0.3, -0.25) is 14.4 Å². The van der Waals surface area contributed by atoms with Gasteiger partial charge in [-0.1, -0.05) is 24.3 Å². The zero-order valence-electron chi connectivity index (χ0n) is 36.7. The highest BCUT2D eigenvalue weighted by Crippen LogP contribution is 2.55. The number of ether oxygens (including phenoxy) is 4. The number of nitrogens with one attached hydrogen (secondary N) is 3. The summed E-state index contributed by atoms with van der Waals surface area (Å²) >= 11 is 0. The van der Waals surface area contributed by atoms with E-state index in [1.54, 1.807) is 0 Å². The Labute approximate surface area is 376 Å². The number of alkyl carbamates (subject to hydrolysis) is 1. The van der Waals surface area contributed by atoms with Crippen LogP contribution in [0.1, 0.15) is 81.5 Å². The molecule has 0 bridgehead atoms. The fourth-order valence-electron chi connectivity index (χ4n) is 11.3. The van der Waals surface area contributed by atoms with Crippen LogP contribution < -0.4 is 5.32 Å². The number of piperidine rings is 2. The van der Waals surface area contributed by atoms with E-state index in [0.717, 1.165) is 95.0 Å². The van der Waals surface area contributed by atoms with Crippen LogP contribution in [0.4, 0.5) is 4.79 Å². The normalized spacial score (nSPS) is 26.1. The number of carbonyl (C=O) groups excluding carboxylic acids is 4. The first-order valence-corrected chi connectivity index (χ1v) is 23.2. The van der Waals surface area contributed by atoms with E-state index in [-0.39, 0.29) is 60.2 Å². The van der Waals surface area contributed by atoms with Gasteiger partial charge in [0.15, 0.2) is 0 Å². The van der Waals surface area contributed by atoms with Gasteiger partial charge < -0.3 is 48.4 Å². The van der Waals surface area contributed by atoms with Crippen LogP contribution in [0.3, 0.4) is 0 Å². The predicted octanol–water partition coefficient (Wildman–Crippen LogP) is 6.96. The van der Waals surface area contributed by atoms with Gasteiger partial charge in [-0.05, 0) is 105 Å². The first-order valence-electron chi connectivity index (χ1n) is 23.2. The number of nitrogens with zero attached hydrogens (tertiary/aromatic N) is 4. The molecule has 0 unspecified atom stereocenters. The first-order chi connectivity index (χ1) is 31.7. The number of benzene rings is 2. The number of methoxy groups -OCH3 is 2. The third-order valence-corrected chi connectivity index (χ3v) is 15.1. The monoisotopic (exact) mass is 885 g/mol. The van der Waals surface area contributed by atoms with Crippen LogP contribution in [0.5, 0.6) is 0 Å². The van der Waals surface area contributed by atoms with E-state index in [1.807, 2.05) is 64.7 Å². The SMILES string of the molecule is COC(=O)C[C@H](C(=O)N1[C@@H]2C[C@@H]2C[C@H]1c1ncc(-c2ccc3oc(-c4ccc(-c5cnc([C@@H]6C[C@H]7C[C@H]7N6C(=O)[C@@H](NC(=O)OC)C6CCOCC6)[nH]5)cc4)cc3c2)[nH]1)C1CCOCC1. The molecule has 11 rings (SSSR count). The lowest BCUT2D eigenvalue weighted by Gasteiger charge is -2.35. The number of H-pyrrole nitrogens is 2. The fraction of sp³-hybridized carbons (Fsp3) is 0.510. The highest BCUT2D eigenvalue weighted by Gasteiger charge is 2.58. The molecule has 6 fully saturated rings. The minimum absolute atomic E-state index is 0.0250. The maximum atomic E-state index is 14.3. The summed E-state index contributed by atoms with van der Waals surface area (Å²) in [6.07, 6.45) is 9.67. The minimum atomic E-state index is -0.682. The zero-order chi connectivity index (χ0) is 44.3. The lowest BCUT2D eigenvalue weighted by molar-refractivity contribution is -0.150. The molecule has 0 spiro atoms. The van der Waals surface area contributed by atoms with Crippen molar-refractivity contribution in [2.24, 2.45) is 29.6 Å². The van der Waals surface area contributed by atoms with E-state index >= 15 is 0 Å². The van der Waals surface area contributed by atoms with Gasteiger partial charge in [-0.15, -0.1) is 0 Å². The minimum Gasteiger partial charge on any atom is -0.469 e. The average molecular weight is 886 g/mol. The Morgan fingerprint density at radius 1 is 0.708 bits per heavy atom. The number of aromatic amines is 2. The molecule has 3 aromatic heterocycles. The van der Waals surface area contributed by atoms with Crippen LogP contribution in [0, 0.1) is 29.6 Å². The zero-order valence-corrected chi connectivity index (χ0v) is 36.7. The van der Waals surface area contributed by atoms with Gasteiger partial charge in [-0.25, -0.2) is 14.8 Å². The van der Waals surface area contributed by atoms with Crippen LogP contribution in [0.15, 0.2) is 65.3 Å². The van der Waals surface area contributed by atoms with Crippen LogP contribution in [-0.2, 0) is 33.3 Å². The lowest BCUT2D eigenvalue weighted by atomic mass is 9.82. The molecule has 5 aromatic rings. The Balaban J connectivity index is 0.776. The molecule has 3 N–H and O–H groups in total. The van der Waals surface area contributed by atoms with Crippen molar-refractivity contribution in [3.63, 3.8) is 0 Å². The average Bonchev–Trinajstić information content (AvgIpc) is 3.80. The Bertz CT molecular complexity index is 2590. The number of likely N-dealkylation sites (tertiary alicyclic amines) is 2. The van der Waals surface area contributed by atoms with Crippen molar-refractivity contribution in [2.45, 2.75) is 88.0 Å². The number of amides is 3. The van der Waals surface area contributed by atoms with Gasteiger partial charge >= 0.3 is 12.1 Å². The molecule has 8 atom stereocenters. The standard InChI is InChI=1S/C49H55N7O9/c1-61-43(57)23-34(26-9-13-63-14-10-26)47(58)55-37-18-31(37)20-39(55)45-51-25-36(53-45)30-7-8-41-33(17-30)22-42(65-41)28-5-3-27(4-6-28)35-24-50-46(52-35)40-21-32-19-38(32)56(40)48(59)44(54-49(60)62-2)29-11-15-64-16-12-29/h3-8,17,22,24-26,29,31-32,34,37-40,44H,9-16,18-21,23H2,1-2H3,(H,50,52)(H,51,53)(H,54,60)/t31-,32-,34+,37-,38-,39+,40+,44+/m1/s1. The van der Waals surface area contributed by atoms with E-state index in [0.29, 0.717) is 51.1 Å². The van der Waals surface area contributed by atoms with Crippen molar-refractivity contribution in [1.29, 1.82) is 0 Å². The molecule has 3 amide bonds. The number of fused-ring (bicyclic) bond motifs is 3. The van der Waals surface area contributed by atoms with Crippen LogP contribution in [-0.4, -0.2) is 112 Å². The van der Waals surface area contributed by atoms with E-state index in [9.17, 15) is 19.2 Å². The third kappa shape index (κ3) is 7.98. The molecule has 2 aromatic carbocycles. The van der Waals surface area contributed by atoms with Gasteiger partial charge in [0.2, 0.25) is 11.8 Å². The highest BCUT2D eigenvalue weighted by atomic mass is 16.5. The summed E-state index contributed by atoms with van der Waals surface area (Å²) in [7, 11) is 2.70. The second-order valence-electron chi connectivity index (χ2n) is 18.8. The Kier molecular flexibility index (Phi) is 11.0. The molecule has 7 heterocycles. The quantitative estimate of drug-likeness (QED) is 0.110. The molecule has 65 heavy (non-hydrogen) atoms. The molecular weight excluding hydrogens is 831 g/mol. The molecule has 2 saturated carbocycles. The summed E-state index contributed by atoms with van der Waals surface area (Å²) in [6.45, 7) is 2.32. The van der Waals surface area contributed by atoms with Crippen molar-refractivity contribution in [1.82, 2.24) is 35.1 Å². The fourth-order valence-corrected chi connectivity index (χ4v) is 11.3. The van der Waals surface area contributed by atoms with E-state index < -0.39 is 18.1 Å². The third-order valence-electron chi connectivity index (χ3n) is 15.1. The number of hydrogen-bond acceptors (Lipinski definition) is 11. The summed E-state index contributed by atoms with van der Waals surface area (Å²) in [5.74, 6) is 2.32. The van der Waals surface area contributed by atoms with Crippen LogP contribution >= 0.6 is 0 Å². The molecular formula is C49H55N7O9. The largest absolute Gasteiger partial charge is 0.469 e. The Hall–Kier alpha value is -6.00. The molecule has 16 heteroatoms. The molecule has 4 saturated heterocycles. The number of esters is 1. The lowest BCUT2D eigenvalue weighted by Crippen LogP contribution is -2.54. The smallest absolute Gasteiger partial charge is 0.407 e. The van der Waals surface area contributed by atoms with Crippen molar-refractivity contribution in [3.05, 3.63) is 72.6 Å². The van der Waals surface area contributed by atoms with Crippen LogP contribution in [0.2, 0.25) is 0 Å².